The van der Waals surface area contributed by atoms with Gasteiger partial charge in [0, 0.05) is 34.2 Å². The molecule has 0 amide bonds. The van der Waals surface area contributed by atoms with Gasteiger partial charge in [-0.15, -0.1) is 0 Å². The molecule has 1 saturated carbocycles. The minimum Gasteiger partial charge on any atom is -0.360 e. The van der Waals surface area contributed by atoms with Gasteiger partial charge in [-0.25, -0.2) is 0 Å². The summed E-state index contributed by atoms with van der Waals surface area (Å²) in [6, 6.07) is 52.6. The highest BCUT2D eigenvalue weighted by Crippen LogP contribution is 2.68. The van der Waals surface area contributed by atoms with Crippen molar-refractivity contribution in [3.63, 3.8) is 0 Å². The first-order chi connectivity index (χ1) is 27.4. The van der Waals surface area contributed by atoms with Crippen molar-refractivity contribution in [3.05, 3.63) is 179 Å². The highest BCUT2D eigenvalue weighted by Gasteiger charge is 2.69. The number of unbranched alkanes of at least 4 members (excludes halogenated alkanes) is 2. The molecule has 0 aromatic heterocycles. The standard InChI is InChI=1S/C55H53N/c1-5-7-29-55(30-8-6-2)49-26-13-12-25-46(49)47-34-50-48(35-51(47)55)52-28-27-45(36-56(52)54(4)37-53(50,54)3)44-24-16-23-43(33-44)42-22-15-21-41(32-42)40-20-14-19-39(31-40)38-17-10-9-11-18-38/h9-28,31-35H,5-8,29-30,36-37H2,1-4H3. The molecule has 2 aliphatic carbocycles. The smallest absolute Gasteiger partial charge is 0.0482 e. The van der Waals surface area contributed by atoms with E-state index >= 15 is 0 Å². The molecule has 6 aromatic carbocycles. The number of hydrogen-bond donors (Lipinski definition) is 0. The molecule has 278 valence electrons. The fourth-order valence-corrected chi connectivity index (χ4v) is 10.9. The summed E-state index contributed by atoms with van der Waals surface area (Å²) in [5.74, 6) is 0. The van der Waals surface area contributed by atoms with Crippen LogP contribution < -0.4 is 0 Å². The minimum absolute atomic E-state index is 0.0967. The molecule has 2 atom stereocenters. The second kappa shape index (κ2) is 13.4. The highest BCUT2D eigenvalue weighted by molar-refractivity contribution is 5.89. The van der Waals surface area contributed by atoms with Gasteiger partial charge in [-0.2, -0.15) is 0 Å². The Labute approximate surface area is 334 Å². The number of allylic oxidation sites excluding steroid dienone is 2. The Morgan fingerprint density at radius 1 is 0.482 bits per heavy atom. The van der Waals surface area contributed by atoms with Gasteiger partial charge in [0.2, 0.25) is 0 Å². The molecule has 1 nitrogen and oxygen atoms in total. The van der Waals surface area contributed by atoms with Crippen molar-refractivity contribution in [2.75, 3.05) is 6.54 Å². The van der Waals surface area contributed by atoms with Crippen LogP contribution in [-0.4, -0.2) is 17.0 Å². The first-order valence-corrected chi connectivity index (χ1v) is 21.2. The van der Waals surface area contributed by atoms with Gasteiger partial charge in [-0.1, -0.05) is 162 Å². The van der Waals surface area contributed by atoms with Crippen molar-refractivity contribution in [3.8, 4) is 44.5 Å². The van der Waals surface area contributed by atoms with E-state index in [-0.39, 0.29) is 16.4 Å². The molecule has 0 saturated heterocycles. The summed E-state index contributed by atoms with van der Waals surface area (Å²) in [4.78, 5) is 2.78. The average Bonchev–Trinajstić information content (AvgIpc) is 3.76. The van der Waals surface area contributed by atoms with E-state index in [0.29, 0.717) is 0 Å². The maximum Gasteiger partial charge on any atom is 0.0482 e. The van der Waals surface area contributed by atoms with Crippen LogP contribution in [0.15, 0.2) is 152 Å². The Balaban J connectivity index is 1.02. The quantitative estimate of drug-likeness (QED) is 0.136. The fraction of sp³-hybridized carbons (Fsp3) is 0.273. The molecule has 6 aromatic rings. The van der Waals surface area contributed by atoms with Crippen molar-refractivity contribution >= 4 is 11.3 Å². The largest absolute Gasteiger partial charge is 0.360 e. The van der Waals surface area contributed by atoms with Crippen LogP contribution in [-0.2, 0) is 10.8 Å². The Morgan fingerprint density at radius 2 is 1.02 bits per heavy atom. The third-order valence-electron chi connectivity index (χ3n) is 14.3. The maximum absolute atomic E-state index is 2.78. The molecular formula is C55H53N. The highest BCUT2D eigenvalue weighted by atomic mass is 15.3. The van der Waals surface area contributed by atoms with Crippen molar-refractivity contribution in [1.82, 2.24) is 4.90 Å². The normalized spacial score (nSPS) is 20.9. The van der Waals surface area contributed by atoms with Crippen LogP contribution in [0.4, 0.5) is 0 Å². The summed E-state index contributed by atoms with van der Waals surface area (Å²) in [5, 5.41) is 0. The van der Waals surface area contributed by atoms with Crippen LogP contribution in [0.2, 0.25) is 0 Å². The third-order valence-corrected chi connectivity index (χ3v) is 14.3. The van der Waals surface area contributed by atoms with Crippen LogP contribution in [0.25, 0.3) is 55.8 Å². The average molecular weight is 728 g/mol. The van der Waals surface area contributed by atoms with Gasteiger partial charge in [0.25, 0.3) is 0 Å². The lowest BCUT2D eigenvalue weighted by molar-refractivity contribution is 0.277. The zero-order valence-electron chi connectivity index (χ0n) is 33.5. The number of hydrogen-bond acceptors (Lipinski definition) is 1. The van der Waals surface area contributed by atoms with E-state index in [1.165, 1.54) is 112 Å². The van der Waals surface area contributed by atoms with E-state index in [1.54, 1.807) is 16.7 Å². The Kier molecular flexibility index (Phi) is 8.37. The molecule has 56 heavy (non-hydrogen) atoms. The van der Waals surface area contributed by atoms with Crippen molar-refractivity contribution < 1.29 is 0 Å². The molecular weight excluding hydrogens is 675 g/mol. The van der Waals surface area contributed by atoms with E-state index < -0.39 is 0 Å². The Hall–Kier alpha value is -5.40. The van der Waals surface area contributed by atoms with Gasteiger partial charge in [-0.3, -0.25) is 0 Å². The molecule has 4 aliphatic rings. The summed E-state index contributed by atoms with van der Waals surface area (Å²) in [5.41, 5.74) is 21.1. The SMILES string of the molecule is CCCCC1(CCCC)c2ccccc2-c2cc3c(cc21)C1=CC=C(c2cccc(-c4cccc(-c5cccc(-c6ccccc6)c5)c4)c2)CN1C1(C)CC31C. The number of nitrogens with zero attached hydrogens (tertiary/aromatic N) is 1. The van der Waals surface area contributed by atoms with Crippen LogP contribution in [0.3, 0.4) is 0 Å². The summed E-state index contributed by atoms with van der Waals surface area (Å²) in [6.45, 7) is 10.7. The number of rotatable bonds is 10. The topological polar surface area (TPSA) is 3.24 Å². The van der Waals surface area contributed by atoms with E-state index in [4.69, 9.17) is 0 Å². The Morgan fingerprint density at radius 3 is 1.66 bits per heavy atom. The number of fused-ring (bicyclic) bond motifs is 9. The van der Waals surface area contributed by atoms with Crippen LogP contribution in [0.1, 0.15) is 100 Å². The molecule has 2 aliphatic heterocycles. The summed E-state index contributed by atoms with van der Waals surface area (Å²) >= 11 is 0. The molecule has 1 heteroatoms. The van der Waals surface area contributed by atoms with Crippen molar-refractivity contribution in [1.29, 1.82) is 0 Å². The van der Waals surface area contributed by atoms with Gasteiger partial charge in [0.1, 0.15) is 0 Å². The third kappa shape index (κ3) is 5.34. The molecule has 10 rings (SSSR count). The second-order valence-corrected chi connectivity index (χ2v) is 17.5. The van der Waals surface area contributed by atoms with Crippen LogP contribution in [0.5, 0.6) is 0 Å². The van der Waals surface area contributed by atoms with Crippen molar-refractivity contribution in [2.24, 2.45) is 0 Å². The maximum atomic E-state index is 2.78. The molecule has 0 radical (unpaired) electrons. The minimum atomic E-state index is 0.0967. The summed E-state index contributed by atoms with van der Waals surface area (Å²) in [6.07, 6.45) is 13.5. The monoisotopic (exact) mass is 727 g/mol. The van der Waals surface area contributed by atoms with Gasteiger partial charge < -0.3 is 4.90 Å². The predicted molar refractivity (Wildman–Crippen MR) is 237 cm³/mol. The summed E-state index contributed by atoms with van der Waals surface area (Å²) in [7, 11) is 0. The predicted octanol–water partition coefficient (Wildman–Crippen LogP) is 14.5. The zero-order chi connectivity index (χ0) is 38.1. The van der Waals surface area contributed by atoms with Gasteiger partial charge in [0.05, 0.1) is 0 Å². The van der Waals surface area contributed by atoms with E-state index in [1.807, 2.05) is 0 Å². The second-order valence-electron chi connectivity index (χ2n) is 17.5. The zero-order valence-corrected chi connectivity index (χ0v) is 33.5. The lowest BCUT2D eigenvalue weighted by Crippen LogP contribution is -2.44. The van der Waals surface area contributed by atoms with E-state index in [9.17, 15) is 0 Å². The van der Waals surface area contributed by atoms with Gasteiger partial charge in [0.15, 0.2) is 0 Å². The molecule has 0 spiro atoms. The van der Waals surface area contributed by atoms with Crippen molar-refractivity contribution in [2.45, 2.75) is 89.0 Å². The van der Waals surface area contributed by atoms with E-state index in [0.717, 1.165) is 6.54 Å². The summed E-state index contributed by atoms with van der Waals surface area (Å²) < 4.78 is 0. The Bertz CT molecular complexity index is 2540. The van der Waals surface area contributed by atoms with Crippen LogP contribution >= 0.6 is 0 Å². The fourth-order valence-electron chi connectivity index (χ4n) is 10.9. The first kappa shape index (κ1) is 35.0. The molecule has 2 heterocycles. The van der Waals surface area contributed by atoms with Gasteiger partial charge >= 0.3 is 0 Å². The van der Waals surface area contributed by atoms with Gasteiger partial charge in [-0.05, 0) is 135 Å². The lowest BCUT2D eigenvalue weighted by Gasteiger charge is -2.45. The van der Waals surface area contributed by atoms with Crippen LogP contribution in [0, 0.1) is 0 Å². The molecule has 1 fully saturated rings. The lowest BCUT2D eigenvalue weighted by atomic mass is 9.69. The molecule has 0 bridgehead atoms. The van der Waals surface area contributed by atoms with E-state index in [2.05, 4.69) is 184 Å². The molecule has 0 N–H and O–H groups in total. The molecule has 2 unspecified atom stereocenters. The number of benzene rings is 6. The first-order valence-electron chi connectivity index (χ1n) is 21.2.